The van der Waals surface area contributed by atoms with E-state index >= 15 is 0 Å². The average Bonchev–Trinajstić information content (AvgIpc) is 3.21. The molecule has 8 heteroatoms. The lowest BCUT2D eigenvalue weighted by Gasteiger charge is -2.45. The van der Waals surface area contributed by atoms with Crippen LogP contribution in [0.25, 0.3) is 0 Å². The maximum absolute atomic E-state index is 11.3. The van der Waals surface area contributed by atoms with Gasteiger partial charge in [-0.15, -0.1) is 0 Å². The minimum Gasteiger partial charge on any atom is -0.464 e. The van der Waals surface area contributed by atoms with Gasteiger partial charge in [0.05, 0.1) is 12.9 Å². The first kappa shape index (κ1) is 18.1. The van der Waals surface area contributed by atoms with Gasteiger partial charge in [-0.2, -0.15) is 0 Å². The summed E-state index contributed by atoms with van der Waals surface area (Å²) in [4.78, 5) is 11.3. The normalized spacial score (nSPS) is 33.3. The van der Waals surface area contributed by atoms with Gasteiger partial charge in [0, 0.05) is 5.56 Å². The van der Waals surface area contributed by atoms with Crippen molar-refractivity contribution < 1.29 is 38.4 Å². The van der Waals surface area contributed by atoms with E-state index in [1.54, 1.807) is 36.4 Å². The lowest BCUT2D eigenvalue weighted by molar-refractivity contribution is -0.352. The minimum atomic E-state index is -1.32. The largest absolute Gasteiger partial charge is 0.464 e. The molecule has 3 heterocycles. The number of furan rings is 1. The number of carbonyl (C=O) groups is 1. The second-order valence-electron chi connectivity index (χ2n) is 6.50. The van der Waals surface area contributed by atoms with Crippen molar-refractivity contribution in [2.45, 2.75) is 43.9 Å². The van der Waals surface area contributed by atoms with E-state index in [2.05, 4.69) is 0 Å². The van der Waals surface area contributed by atoms with Gasteiger partial charge >= 0.3 is 0 Å². The molecule has 0 radical (unpaired) electrons. The van der Waals surface area contributed by atoms with E-state index in [1.807, 2.05) is 0 Å². The zero-order valence-corrected chi connectivity index (χ0v) is 14.6. The lowest BCUT2D eigenvalue weighted by atomic mass is 9.98. The van der Waals surface area contributed by atoms with E-state index in [-0.39, 0.29) is 12.4 Å². The topological polar surface area (TPSA) is 108 Å². The molecule has 0 spiro atoms. The van der Waals surface area contributed by atoms with Crippen LogP contribution in [0, 0.1) is 0 Å². The molecule has 0 aliphatic carbocycles. The Kier molecular flexibility index (Phi) is 4.98. The molecule has 2 aliphatic rings. The van der Waals surface area contributed by atoms with Gasteiger partial charge in [0.25, 0.3) is 0 Å². The number of aliphatic hydroxyl groups excluding tert-OH is 2. The Bertz CT molecular complexity index is 770. The molecule has 0 saturated carbocycles. The maximum Gasteiger partial charge on any atom is 0.229 e. The van der Waals surface area contributed by atoms with Gasteiger partial charge in [0.1, 0.15) is 30.2 Å². The standard InChI is InChI=1S/C19H20O8/c1-10(20)11-4-6-12(7-5-11)25-19-16(22)15(21)17-14(26-19)9-24-18(27-17)13-3-2-8-23-13/h2-8,14-19,21-22H,9H2,1H3. The van der Waals surface area contributed by atoms with Crippen LogP contribution in [0.5, 0.6) is 5.75 Å². The van der Waals surface area contributed by atoms with Gasteiger partial charge in [0.2, 0.25) is 12.6 Å². The van der Waals surface area contributed by atoms with Gasteiger partial charge in [0.15, 0.2) is 11.5 Å². The summed E-state index contributed by atoms with van der Waals surface area (Å²) in [5, 5.41) is 20.9. The number of benzene rings is 1. The van der Waals surface area contributed by atoms with Crippen molar-refractivity contribution in [2.75, 3.05) is 6.61 Å². The summed E-state index contributed by atoms with van der Waals surface area (Å²) in [6, 6.07) is 9.85. The van der Waals surface area contributed by atoms with E-state index < -0.39 is 37.0 Å². The van der Waals surface area contributed by atoms with Crippen LogP contribution in [0.3, 0.4) is 0 Å². The number of rotatable bonds is 4. The van der Waals surface area contributed by atoms with Gasteiger partial charge < -0.3 is 33.6 Å². The molecular weight excluding hydrogens is 356 g/mol. The zero-order valence-electron chi connectivity index (χ0n) is 14.6. The van der Waals surface area contributed by atoms with Crippen LogP contribution < -0.4 is 4.74 Å². The van der Waals surface area contributed by atoms with Crippen molar-refractivity contribution in [3.05, 3.63) is 54.0 Å². The van der Waals surface area contributed by atoms with E-state index in [1.165, 1.54) is 13.2 Å². The maximum atomic E-state index is 11.3. The van der Waals surface area contributed by atoms with Crippen molar-refractivity contribution in [3.63, 3.8) is 0 Å². The number of fused-ring (bicyclic) bond motifs is 1. The molecule has 144 valence electrons. The molecule has 2 fully saturated rings. The highest BCUT2D eigenvalue weighted by Crippen LogP contribution is 2.34. The van der Waals surface area contributed by atoms with Crippen LogP contribution in [-0.2, 0) is 14.2 Å². The quantitative estimate of drug-likeness (QED) is 0.772. The molecule has 1 aromatic heterocycles. The number of hydrogen-bond donors (Lipinski definition) is 2. The Labute approximate surface area is 155 Å². The number of Topliss-reactive ketones (excluding diaryl/α,β-unsaturated/α-hetero) is 1. The summed E-state index contributed by atoms with van der Waals surface area (Å²) >= 11 is 0. The molecule has 1 aromatic carbocycles. The fraction of sp³-hybridized carbons (Fsp3) is 0.421. The summed E-state index contributed by atoms with van der Waals surface area (Å²) in [5.74, 6) is 0.816. The Morgan fingerprint density at radius 3 is 2.56 bits per heavy atom. The van der Waals surface area contributed by atoms with E-state index in [9.17, 15) is 15.0 Å². The second-order valence-corrected chi connectivity index (χ2v) is 6.50. The summed E-state index contributed by atoms with van der Waals surface area (Å²) in [6.07, 6.45) is -4.33. The highest BCUT2D eigenvalue weighted by molar-refractivity contribution is 5.94. The molecule has 0 bridgehead atoms. The van der Waals surface area contributed by atoms with E-state index in [0.717, 1.165) is 0 Å². The molecule has 2 aliphatic heterocycles. The van der Waals surface area contributed by atoms with Crippen LogP contribution in [0.15, 0.2) is 47.1 Å². The number of carbonyl (C=O) groups excluding carboxylic acids is 1. The zero-order chi connectivity index (χ0) is 19.0. The third kappa shape index (κ3) is 3.62. The van der Waals surface area contributed by atoms with Gasteiger partial charge in [-0.3, -0.25) is 4.79 Å². The summed E-state index contributed by atoms with van der Waals surface area (Å²) in [7, 11) is 0. The molecule has 6 unspecified atom stereocenters. The van der Waals surface area contributed by atoms with Crippen LogP contribution in [0.4, 0.5) is 0 Å². The van der Waals surface area contributed by atoms with Crippen molar-refractivity contribution in [1.82, 2.24) is 0 Å². The van der Waals surface area contributed by atoms with Gasteiger partial charge in [-0.25, -0.2) is 0 Å². The Balaban J connectivity index is 1.43. The third-order valence-electron chi connectivity index (χ3n) is 4.62. The molecular formula is C19H20O8. The third-order valence-corrected chi connectivity index (χ3v) is 4.62. The highest BCUT2D eigenvalue weighted by atomic mass is 16.8. The summed E-state index contributed by atoms with van der Waals surface area (Å²) < 4.78 is 27.9. The van der Waals surface area contributed by atoms with Gasteiger partial charge in [-0.05, 0) is 43.3 Å². The molecule has 27 heavy (non-hydrogen) atoms. The average molecular weight is 376 g/mol. The predicted octanol–water partition coefficient (Wildman–Crippen LogP) is 1.42. The van der Waals surface area contributed by atoms with E-state index in [4.69, 9.17) is 23.4 Å². The first-order valence-corrected chi connectivity index (χ1v) is 8.62. The van der Waals surface area contributed by atoms with Crippen LogP contribution in [0.1, 0.15) is 29.3 Å². The van der Waals surface area contributed by atoms with Crippen LogP contribution in [-0.4, -0.2) is 53.3 Å². The Morgan fingerprint density at radius 2 is 1.89 bits per heavy atom. The first-order valence-electron chi connectivity index (χ1n) is 8.62. The number of ketones is 1. The number of hydrogen-bond acceptors (Lipinski definition) is 8. The van der Waals surface area contributed by atoms with Crippen molar-refractivity contribution >= 4 is 5.78 Å². The van der Waals surface area contributed by atoms with Crippen molar-refractivity contribution in [3.8, 4) is 5.75 Å². The lowest BCUT2D eigenvalue weighted by Crippen LogP contribution is -2.62. The molecule has 2 saturated heterocycles. The first-order chi connectivity index (χ1) is 13.0. The Morgan fingerprint density at radius 1 is 1.11 bits per heavy atom. The van der Waals surface area contributed by atoms with Crippen LogP contribution >= 0.6 is 0 Å². The summed E-state index contributed by atoms with van der Waals surface area (Å²) in [6.45, 7) is 1.61. The van der Waals surface area contributed by atoms with Gasteiger partial charge in [-0.1, -0.05) is 0 Å². The molecule has 0 amide bonds. The number of aliphatic hydroxyl groups is 2. The van der Waals surface area contributed by atoms with Crippen LogP contribution in [0.2, 0.25) is 0 Å². The molecule has 8 nitrogen and oxygen atoms in total. The Hall–Kier alpha value is -2.23. The fourth-order valence-corrected chi connectivity index (χ4v) is 3.15. The second kappa shape index (κ2) is 7.41. The molecule has 4 rings (SSSR count). The predicted molar refractivity (Wildman–Crippen MR) is 90.0 cm³/mol. The van der Waals surface area contributed by atoms with E-state index in [0.29, 0.717) is 17.1 Å². The number of ether oxygens (including phenoxy) is 4. The van der Waals surface area contributed by atoms with Crippen molar-refractivity contribution in [2.24, 2.45) is 0 Å². The smallest absolute Gasteiger partial charge is 0.229 e. The fourth-order valence-electron chi connectivity index (χ4n) is 3.15. The monoisotopic (exact) mass is 376 g/mol. The minimum absolute atomic E-state index is 0.0589. The molecule has 6 atom stereocenters. The molecule has 2 aromatic rings. The highest BCUT2D eigenvalue weighted by Gasteiger charge is 2.50. The molecule has 2 N–H and O–H groups in total. The van der Waals surface area contributed by atoms with Crippen molar-refractivity contribution in [1.29, 1.82) is 0 Å². The summed E-state index contributed by atoms with van der Waals surface area (Å²) in [5.41, 5.74) is 0.547. The SMILES string of the molecule is CC(=O)c1ccc(OC2OC3COC(c4ccco4)OC3C(O)C2O)cc1.